The molecule has 7 heteroatoms. The summed E-state index contributed by atoms with van der Waals surface area (Å²) in [6, 6.07) is 0. The molecule has 0 spiro atoms. The van der Waals surface area contributed by atoms with Crippen LogP contribution in [-0.4, -0.2) is 54.5 Å². The Balaban J connectivity index is 1.89. The first-order valence-corrected chi connectivity index (χ1v) is 6.32. The third-order valence-electron chi connectivity index (χ3n) is 2.31. The standard InChI is InChI=1S/C11H23N5O2/c1-2-13-3-5-17-7-8-18-6-4-16-10-11(9-12)14-15-16/h10,13H,2-9,12H2,1H3. The normalized spacial score (nSPS) is 11.0. The number of ether oxygens (including phenoxy) is 2. The van der Waals surface area contributed by atoms with Crippen LogP contribution in [-0.2, 0) is 22.6 Å². The quantitative estimate of drug-likeness (QED) is 0.514. The Morgan fingerprint density at radius 2 is 2.06 bits per heavy atom. The first-order valence-electron chi connectivity index (χ1n) is 6.32. The molecule has 104 valence electrons. The van der Waals surface area contributed by atoms with Crippen molar-refractivity contribution in [1.82, 2.24) is 20.3 Å². The van der Waals surface area contributed by atoms with Gasteiger partial charge in [-0.05, 0) is 6.54 Å². The lowest BCUT2D eigenvalue weighted by molar-refractivity contribution is 0.0450. The van der Waals surface area contributed by atoms with E-state index in [9.17, 15) is 0 Å². The summed E-state index contributed by atoms with van der Waals surface area (Å²) < 4.78 is 12.5. The third kappa shape index (κ3) is 6.65. The molecular formula is C11H23N5O2. The SMILES string of the molecule is CCNCCOCCOCCn1cc(CN)nn1. The minimum absolute atomic E-state index is 0.417. The maximum Gasteiger partial charge on any atom is 0.0962 e. The van der Waals surface area contributed by atoms with Gasteiger partial charge in [-0.25, -0.2) is 4.68 Å². The van der Waals surface area contributed by atoms with Crippen molar-refractivity contribution in [2.24, 2.45) is 5.73 Å². The summed E-state index contributed by atoms with van der Waals surface area (Å²) in [5.74, 6) is 0. The molecule has 0 aliphatic rings. The summed E-state index contributed by atoms with van der Waals surface area (Å²) in [6.45, 7) is 7.58. The molecule has 0 amide bonds. The van der Waals surface area contributed by atoms with E-state index in [1.54, 1.807) is 4.68 Å². The number of likely N-dealkylation sites (N-methyl/N-ethyl adjacent to an activating group) is 1. The summed E-state index contributed by atoms with van der Waals surface area (Å²) in [6.07, 6.45) is 1.83. The van der Waals surface area contributed by atoms with Crippen LogP contribution in [0.1, 0.15) is 12.6 Å². The van der Waals surface area contributed by atoms with Gasteiger partial charge in [-0.3, -0.25) is 0 Å². The van der Waals surface area contributed by atoms with Crippen molar-refractivity contribution in [1.29, 1.82) is 0 Å². The molecule has 1 rings (SSSR count). The van der Waals surface area contributed by atoms with Gasteiger partial charge in [0.15, 0.2) is 0 Å². The Bertz CT molecular complexity index is 305. The van der Waals surface area contributed by atoms with Crippen LogP contribution in [0.25, 0.3) is 0 Å². The van der Waals surface area contributed by atoms with Crippen LogP contribution in [0.15, 0.2) is 6.20 Å². The molecule has 18 heavy (non-hydrogen) atoms. The van der Waals surface area contributed by atoms with E-state index in [1.165, 1.54) is 0 Å². The van der Waals surface area contributed by atoms with Gasteiger partial charge in [0.1, 0.15) is 0 Å². The Hall–Kier alpha value is -1.02. The second-order valence-electron chi connectivity index (χ2n) is 3.76. The minimum atomic E-state index is 0.417. The monoisotopic (exact) mass is 257 g/mol. The molecule has 0 atom stereocenters. The number of nitrogens with two attached hydrogens (primary N) is 1. The van der Waals surface area contributed by atoms with E-state index in [4.69, 9.17) is 15.2 Å². The highest BCUT2D eigenvalue weighted by atomic mass is 16.5. The number of hydrogen-bond donors (Lipinski definition) is 2. The number of nitrogens with zero attached hydrogens (tertiary/aromatic N) is 3. The van der Waals surface area contributed by atoms with Crippen LogP contribution < -0.4 is 11.1 Å². The summed E-state index contributed by atoms with van der Waals surface area (Å²) in [5, 5.41) is 11.0. The topological polar surface area (TPSA) is 87.2 Å². The molecule has 0 fully saturated rings. The summed E-state index contributed by atoms with van der Waals surface area (Å²) >= 11 is 0. The van der Waals surface area contributed by atoms with Gasteiger partial charge in [0.05, 0.1) is 38.7 Å². The Labute approximate surface area is 108 Å². The number of aromatic nitrogens is 3. The van der Waals surface area contributed by atoms with Crippen LogP contribution in [0.5, 0.6) is 0 Å². The Morgan fingerprint density at radius 3 is 2.72 bits per heavy atom. The maximum atomic E-state index is 5.44. The zero-order chi connectivity index (χ0) is 13.1. The molecule has 1 aromatic heterocycles. The summed E-state index contributed by atoms with van der Waals surface area (Å²) in [7, 11) is 0. The van der Waals surface area contributed by atoms with E-state index in [-0.39, 0.29) is 0 Å². The molecule has 0 unspecified atom stereocenters. The van der Waals surface area contributed by atoms with Gasteiger partial charge in [0, 0.05) is 19.3 Å². The fourth-order valence-corrected chi connectivity index (χ4v) is 1.34. The van der Waals surface area contributed by atoms with Crippen molar-refractivity contribution in [3.63, 3.8) is 0 Å². The predicted octanol–water partition coefficient (Wildman–Crippen LogP) is -0.620. The van der Waals surface area contributed by atoms with Gasteiger partial charge in [-0.1, -0.05) is 12.1 Å². The average Bonchev–Trinajstić information content (AvgIpc) is 2.85. The molecule has 0 aromatic carbocycles. The van der Waals surface area contributed by atoms with Crippen molar-refractivity contribution in [3.8, 4) is 0 Å². The van der Waals surface area contributed by atoms with Crippen LogP contribution in [0.2, 0.25) is 0 Å². The smallest absolute Gasteiger partial charge is 0.0962 e. The van der Waals surface area contributed by atoms with Crippen molar-refractivity contribution in [2.45, 2.75) is 20.0 Å². The Morgan fingerprint density at radius 1 is 1.28 bits per heavy atom. The van der Waals surface area contributed by atoms with Crippen LogP contribution in [0.4, 0.5) is 0 Å². The molecule has 3 N–H and O–H groups in total. The molecule has 0 radical (unpaired) electrons. The highest BCUT2D eigenvalue weighted by Gasteiger charge is 1.97. The van der Waals surface area contributed by atoms with Crippen molar-refractivity contribution in [3.05, 3.63) is 11.9 Å². The van der Waals surface area contributed by atoms with Crippen LogP contribution >= 0.6 is 0 Å². The minimum Gasteiger partial charge on any atom is -0.378 e. The zero-order valence-electron chi connectivity index (χ0n) is 11.0. The largest absolute Gasteiger partial charge is 0.378 e. The van der Waals surface area contributed by atoms with Gasteiger partial charge in [-0.15, -0.1) is 5.10 Å². The lowest BCUT2D eigenvalue weighted by atomic mass is 10.5. The maximum absolute atomic E-state index is 5.44. The fourth-order valence-electron chi connectivity index (χ4n) is 1.34. The highest BCUT2D eigenvalue weighted by Crippen LogP contribution is 1.91. The number of hydrogen-bond acceptors (Lipinski definition) is 6. The van der Waals surface area contributed by atoms with Gasteiger partial charge >= 0.3 is 0 Å². The molecule has 0 bridgehead atoms. The van der Waals surface area contributed by atoms with E-state index < -0.39 is 0 Å². The van der Waals surface area contributed by atoms with Gasteiger partial charge in [-0.2, -0.15) is 0 Å². The van der Waals surface area contributed by atoms with E-state index in [0.29, 0.717) is 32.9 Å². The first kappa shape index (κ1) is 15.0. The van der Waals surface area contributed by atoms with Gasteiger partial charge in [0.25, 0.3) is 0 Å². The van der Waals surface area contributed by atoms with Crippen LogP contribution in [0.3, 0.4) is 0 Å². The zero-order valence-corrected chi connectivity index (χ0v) is 11.0. The lowest BCUT2D eigenvalue weighted by Crippen LogP contribution is -2.20. The second kappa shape index (κ2) is 9.95. The van der Waals surface area contributed by atoms with Gasteiger partial charge < -0.3 is 20.5 Å². The molecule has 0 aliphatic heterocycles. The van der Waals surface area contributed by atoms with E-state index in [1.807, 2.05) is 6.20 Å². The fraction of sp³-hybridized carbons (Fsp3) is 0.818. The molecular weight excluding hydrogens is 234 g/mol. The van der Waals surface area contributed by atoms with Crippen molar-refractivity contribution >= 4 is 0 Å². The molecule has 1 heterocycles. The molecule has 0 saturated heterocycles. The van der Waals surface area contributed by atoms with Crippen molar-refractivity contribution < 1.29 is 9.47 Å². The van der Waals surface area contributed by atoms with E-state index >= 15 is 0 Å². The third-order valence-corrected chi connectivity index (χ3v) is 2.31. The molecule has 0 saturated carbocycles. The second-order valence-corrected chi connectivity index (χ2v) is 3.76. The van der Waals surface area contributed by atoms with Gasteiger partial charge in [0.2, 0.25) is 0 Å². The summed E-state index contributed by atoms with van der Waals surface area (Å²) in [4.78, 5) is 0. The number of rotatable bonds is 11. The average molecular weight is 257 g/mol. The van der Waals surface area contributed by atoms with E-state index in [2.05, 4.69) is 22.6 Å². The van der Waals surface area contributed by atoms with Crippen LogP contribution in [0, 0.1) is 0 Å². The Kier molecular flexibility index (Phi) is 8.32. The molecule has 1 aromatic rings. The molecule has 0 aliphatic carbocycles. The predicted molar refractivity (Wildman–Crippen MR) is 68.1 cm³/mol. The lowest BCUT2D eigenvalue weighted by Gasteiger charge is -2.06. The van der Waals surface area contributed by atoms with E-state index in [0.717, 1.165) is 25.4 Å². The summed E-state index contributed by atoms with van der Waals surface area (Å²) in [5.41, 5.74) is 6.23. The highest BCUT2D eigenvalue weighted by molar-refractivity contribution is 4.90. The first-order chi connectivity index (χ1) is 8.86. The number of nitrogens with one attached hydrogen (secondary N) is 1. The molecule has 7 nitrogen and oxygen atoms in total. The van der Waals surface area contributed by atoms with Crippen molar-refractivity contribution in [2.75, 3.05) is 39.5 Å².